The lowest BCUT2D eigenvalue weighted by atomic mass is 10.1. The van der Waals surface area contributed by atoms with Crippen molar-refractivity contribution in [3.8, 4) is 11.5 Å². The first-order valence-corrected chi connectivity index (χ1v) is 7.29. The molecule has 2 N–H and O–H groups in total. The molecule has 0 bridgehead atoms. The van der Waals surface area contributed by atoms with Gasteiger partial charge in [0.2, 0.25) is 0 Å². The second kappa shape index (κ2) is 9.18. The van der Waals surface area contributed by atoms with E-state index in [1.54, 1.807) is 20.4 Å². The third-order valence-electron chi connectivity index (χ3n) is 2.75. The molecule has 1 aromatic rings. The Hall–Kier alpha value is -1.82. The smallest absolute Gasteiger partial charge is 0.186 e. The molecule has 5 nitrogen and oxygen atoms in total. The Balaban J connectivity index is 2.67. The Kier molecular flexibility index (Phi) is 7.53. The molecule has 0 aromatic heterocycles. The molecular weight excluding hydrogens is 286 g/mol. The molecule has 0 amide bonds. The first kappa shape index (κ1) is 17.2. The van der Waals surface area contributed by atoms with E-state index < -0.39 is 0 Å². The Bertz CT molecular complexity index is 490. The fourth-order valence-corrected chi connectivity index (χ4v) is 1.56. The van der Waals surface area contributed by atoms with Crippen molar-refractivity contribution < 1.29 is 9.47 Å². The lowest BCUT2D eigenvalue weighted by Crippen LogP contribution is -2.28. The highest BCUT2D eigenvalue weighted by atomic mass is 32.1. The maximum Gasteiger partial charge on any atom is 0.186 e. The number of benzene rings is 1. The van der Waals surface area contributed by atoms with Crippen LogP contribution in [-0.4, -0.2) is 32.1 Å². The molecule has 116 valence electrons. The average Bonchev–Trinajstić information content (AvgIpc) is 2.47. The van der Waals surface area contributed by atoms with Crippen molar-refractivity contribution in [3.63, 3.8) is 0 Å². The molecule has 1 rings (SSSR count). The number of nitrogens with one attached hydrogen (secondary N) is 2. The minimum atomic E-state index is 0.465. The van der Waals surface area contributed by atoms with Crippen LogP contribution in [0.3, 0.4) is 0 Å². The highest BCUT2D eigenvalue weighted by Gasteiger charge is 2.05. The van der Waals surface area contributed by atoms with E-state index in [0.717, 1.165) is 17.7 Å². The molecule has 0 heterocycles. The van der Waals surface area contributed by atoms with Crippen molar-refractivity contribution >= 4 is 23.5 Å². The fraction of sp³-hybridized carbons (Fsp3) is 0.467. The highest BCUT2D eigenvalue weighted by molar-refractivity contribution is 7.80. The monoisotopic (exact) mass is 309 g/mol. The molecule has 0 saturated carbocycles. The molecule has 0 saturated heterocycles. The molecule has 0 unspecified atom stereocenters. The third kappa shape index (κ3) is 6.44. The summed E-state index contributed by atoms with van der Waals surface area (Å²) in [6.07, 6.45) is 2.68. The molecule has 0 radical (unpaired) electrons. The first-order chi connectivity index (χ1) is 10.1. The second-order valence-corrected chi connectivity index (χ2v) is 5.30. The fourth-order valence-electron chi connectivity index (χ4n) is 1.51. The van der Waals surface area contributed by atoms with Gasteiger partial charge in [0, 0.05) is 7.05 Å². The minimum absolute atomic E-state index is 0.465. The summed E-state index contributed by atoms with van der Waals surface area (Å²) in [7, 11) is 3.36. The Morgan fingerprint density at radius 3 is 2.76 bits per heavy atom. The second-order valence-electron chi connectivity index (χ2n) is 4.89. The number of hydrazone groups is 1. The van der Waals surface area contributed by atoms with Crippen LogP contribution in [0.4, 0.5) is 0 Å². The third-order valence-corrected chi connectivity index (χ3v) is 3.04. The highest BCUT2D eigenvalue weighted by Crippen LogP contribution is 2.27. The summed E-state index contributed by atoms with van der Waals surface area (Å²) >= 11 is 4.93. The van der Waals surface area contributed by atoms with Gasteiger partial charge < -0.3 is 14.8 Å². The van der Waals surface area contributed by atoms with Gasteiger partial charge in [-0.25, -0.2) is 0 Å². The van der Waals surface area contributed by atoms with Crippen LogP contribution in [0.2, 0.25) is 0 Å². The summed E-state index contributed by atoms with van der Waals surface area (Å²) in [4.78, 5) is 0. The summed E-state index contributed by atoms with van der Waals surface area (Å²) in [5.74, 6) is 2.05. The largest absolute Gasteiger partial charge is 0.493 e. The van der Waals surface area contributed by atoms with E-state index in [0.29, 0.717) is 23.4 Å². The van der Waals surface area contributed by atoms with E-state index in [9.17, 15) is 0 Å². The van der Waals surface area contributed by atoms with Crippen molar-refractivity contribution in [1.29, 1.82) is 0 Å². The van der Waals surface area contributed by atoms with E-state index in [1.165, 1.54) is 0 Å². The van der Waals surface area contributed by atoms with Crippen LogP contribution in [0.1, 0.15) is 25.8 Å². The summed E-state index contributed by atoms with van der Waals surface area (Å²) in [6.45, 7) is 5.02. The van der Waals surface area contributed by atoms with Crippen molar-refractivity contribution in [2.24, 2.45) is 11.0 Å². The molecule has 0 fully saturated rings. The lowest BCUT2D eigenvalue weighted by Gasteiger charge is -2.12. The molecular formula is C15H23N3O2S. The van der Waals surface area contributed by atoms with Crippen molar-refractivity contribution in [1.82, 2.24) is 10.7 Å². The van der Waals surface area contributed by atoms with Gasteiger partial charge in [-0.15, -0.1) is 0 Å². The summed E-state index contributed by atoms with van der Waals surface area (Å²) in [5, 5.41) is 7.27. The van der Waals surface area contributed by atoms with Crippen molar-refractivity contribution in [3.05, 3.63) is 23.8 Å². The Morgan fingerprint density at radius 2 is 2.14 bits per heavy atom. The van der Waals surface area contributed by atoms with Gasteiger partial charge in [-0.2, -0.15) is 5.10 Å². The van der Waals surface area contributed by atoms with Crippen LogP contribution in [-0.2, 0) is 0 Å². The summed E-state index contributed by atoms with van der Waals surface area (Å²) in [6, 6.07) is 5.68. The molecule has 0 aliphatic heterocycles. The Labute approximate surface area is 131 Å². The summed E-state index contributed by atoms with van der Waals surface area (Å²) in [5.41, 5.74) is 3.59. The molecule has 6 heteroatoms. The van der Waals surface area contributed by atoms with Gasteiger partial charge >= 0.3 is 0 Å². The van der Waals surface area contributed by atoms with Gasteiger partial charge in [0.25, 0.3) is 0 Å². The quantitative estimate of drug-likeness (QED) is 0.460. The molecule has 1 aromatic carbocycles. The van der Waals surface area contributed by atoms with Gasteiger partial charge in [-0.1, -0.05) is 13.8 Å². The predicted molar refractivity (Wildman–Crippen MR) is 90.3 cm³/mol. The van der Waals surface area contributed by atoms with Crippen LogP contribution in [0.15, 0.2) is 23.3 Å². The maximum absolute atomic E-state index is 5.74. The first-order valence-electron chi connectivity index (χ1n) is 6.88. The number of rotatable bonds is 7. The normalized spacial score (nSPS) is 10.7. The van der Waals surface area contributed by atoms with Gasteiger partial charge in [0.15, 0.2) is 16.6 Å². The van der Waals surface area contributed by atoms with Gasteiger partial charge in [0.05, 0.1) is 19.9 Å². The SMILES string of the molecule is CNC(=S)N/N=C\c1ccc(OCCC(C)C)c(OC)c1. The van der Waals surface area contributed by atoms with Crippen LogP contribution >= 0.6 is 12.2 Å². The number of nitrogens with zero attached hydrogens (tertiary/aromatic N) is 1. The number of methoxy groups -OCH3 is 1. The molecule has 0 spiro atoms. The number of thiocarbonyl (C=S) groups is 1. The van der Waals surface area contributed by atoms with E-state index in [4.69, 9.17) is 21.7 Å². The average molecular weight is 309 g/mol. The maximum atomic E-state index is 5.74. The number of hydrogen-bond donors (Lipinski definition) is 2. The van der Waals surface area contributed by atoms with Crippen LogP contribution in [0.5, 0.6) is 11.5 Å². The van der Waals surface area contributed by atoms with Crippen LogP contribution in [0.25, 0.3) is 0 Å². The van der Waals surface area contributed by atoms with Crippen LogP contribution < -0.4 is 20.2 Å². The lowest BCUT2D eigenvalue weighted by molar-refractivity contribution is 0.273. The molecule has 0 aliphatic carbocycles. The standard InChI is InChI=1S/C15H23N3O2S/c1-11(2)7-8-20-13-6-5-12(9-14(13)19-4)10-17-18-15(21)16-3/h5-6,9-11H,7-8H2,1-4H3,(H2,16,18,21)/b17-10-. The van der Waals surface area contributed by atoms with Crippen molar-refractivity contribution in [2.45, 2.75) is 20.3 Å². The van der Waals surface area contributed by atoms with Gasteiger partial charge in [-0.3, -0.25) is 5.43 Å². The molecule has 0 aliphatic rings. The Morgan fingerprint density at radius 1 is 1.38 bits per heavy atom. The minimum Gasteiger partial charge on any atom is -0.493 e. The van der Waals surface area contributed by atoms with Crippen molar-refractivity contribution in [2.75, 3.05) is 20.8 Å². The zero-order chi connectivity index (χ0) is 15.7. The van der Waals surface area contributed by atoms with E-state index in [2.05, 4.69) is 29.7 Å². The van der Waals surface area contributed by atoms with E-state index in [-0.39, 0.29) is 0 Å². The zero-order valence-electron chi connectivity index (χ0n) is 13.0. The van der Waals surface area contributed by atoms with E-state index in [1.807, 2.05) is 18.2 Å². The van der Waals surface area contributed by atoms with E-state index >= 15 is 0 Å². The topological polar surface area (TPSA) is 54.9 Å². The zero-order valence-corrected chi connectivity index (χ0v) is 13.8. The predicted octanol–water partition coefficient (Wildman–Crippen LogP) is 2.55. The van der Waals surface area contributed by atoms with Crippen LogP contribution in [0, 0.1) is 5.92 Å². The van der Waals surface area contributed by atoms with Gasteiger partial charge in [-0.05, 0) is 48.3 Å². The summed E-state index contributed by atoms with van der Waals surface area (Å²) < 4.78 is 11.1. The molecule has 21 heavy (non-hydrogen) atoms. The molecule has 0 atom stereocenters. The number of ether oxygens (including phenoxy) is 2. The number of hydrogen-bond acceptors (Lipinski definition) is 4. The van der Waals surface area contributed by atoms with Gasteiger partial charge in [0.1, 0.15) is 0 Å².